The van der Waals surface area contributed by atoms with E-state index in [4.69, 9.17) is 19.9 Å². The van der Waals surface area contributed by atoms with Crippen LogP contribution in [0, 0.1) is 0 Å². The zero-order valence-corrected chi connectivity index (χ0v) is 12.7. The molecule has 2 N–H and O–H groups in total. The molecule has 118 valence electrons. The standard InChI is InChI=1S/C14H19N5O3/c1-13(2)21-5-14(6-22-13)3-9(4-20-14)19-8-18-10-11(15)16-7-17-12(10)19/h7-9H,3-6H2,1-2H3,(H2,15,16,17)/t9-/m0/s1. The molecule has 4 heterocycles. The molecule has 2 aromatic heterocycles. The molecule has 2 aliphatic heterocycles. The van der Waals surface area contributed by atoms with Crippen molar-refractivity contribution in [2.24, 2.45) is 0 Å². The average Bonchev–Trinajstić information content (AvgIpc) is 3.08. The fraction of sp³-hybridized carbons (Fsp3) is 0.643. The van der Waals surface area contributed by atoms with E-state index < -0.39 is 11.4 Å². The van der Waals surface area contributed by atoms with Crippen LogP contribution in [0.4, 0.5) is 5.82 Å². The van der Waals surface area contributed by atoms with Gasteiger partial charge in [0.25, 0.3) is 0 Å². The van der Waals surface area contributed by atoms with Gasteiger partial charge < -0.3 is 24.5 Å². The van der Waals surface area contributed by atoms with Gasteiger partial charge in [0.2, 0.25) is 0 Å². The zero-order chi connectivity index (χ0) is 15.4. The molecule has 2 aliphatic rings. The van der Waals surface area contributed by atoms with E-state index in [-0.39, 0.29) is 6.04 Å². The Morgan fingerprint density at radius 3 is 2.73 bits per heavy atom. The predicted molar refractivity (Wildman–Crippen MR) is 78.1 cm³/mol. The van der Waals surface area contributed by atoms with Crippen LogP contribution in [0.25, 0.3) is 11.2 Å². The summed E-state index contributed by atoms with van der Waals surface area (Å²) in [5.74, 6) is -0.153. The third-order valence-corrected chi connectivity index (χ3v) is 4.34. The summed E-state index contributed by atoms with van der Waals surface area (Å²) >= 11 is 0. The number of nitrogen functional groups attached to an aromatic ring is 1. The number of aromatic nitrogens is 4. The van der Waals surface area contributed by atoms with Crippen LogP contribution in [0.3, 0.4) is 0 Å². The molecule has 1 atom stereocenters. The summed E-state index contributed by atoms with van der Waals surface area (Å²) in [6.45, 7) is 5.45. The number of nitrogens with two attached hydrogens (primary N) is 1. The highest BCUT2D eigenvalue weighted by atomic mass is 16.7. The van der Waals surface area contributed by atoms with E-state index >= 15 is 0 Å². The van der Waals surface area contributed by atoms with Crippen LogP contribution < -0.4 is 5.73 Å². The maximum atomic E-state index is 6.02. The van der Waals surface area contributed by atoms with Crippen LogP contribution in [0.1, 0.15) is 26.3 Å². The van der Waals surface area contributed by atoms with E-state index in [2.05, 4.69) is 15.0 Å². The van der Waals surface area contributed by atoms with Crippen LogP contribution in [0.2, 0.25) is 0 Å². The van der Waals surface area contributed by atoms with Gasteiger partial charge in [0, 0.05) is 6.42 Å². The van der Waals surface area contributed by atoms with E-state index in [9.17, 15) is 0 Å². The molecule has 0 amide bonds. The number of hydrogen-bond acceptors (Lipinski definition) is 7. The van der Waals surface area contributed by atoms with Gasteiger partial charge >= 0.3 is 0 Å². The Kier molecular flexibility index (Phi) is 2.91. The maximum Gasteiger partial charge on any atom is 0.165 e. The van der Waals surface area contributed by atoms with Gasteiger partial charge in [-0.15, -0.1) is 0 Å². The SMILES string of the molecule is CC1(C)OCC2(CO1)C[C@H](n1cnc3c(N)ncnc31)CO2. The largest absolute Gasteiger partial charge is 0.382 e. The van der Waals surface area contributed by atoms with Crippen molar-refractivity contribution in [1.29, 1.82) is 0 Å². The van der Waals surface area contributed by atoms with Crippen molar-refractivity contribution in [3.05, 3.63) is 12.7 Å². The summed E-state index contributed by atoms with van der Waals surface area (Å²) in [6.07, 6.45) is 3.99. The van der Waals surface area contributed by atoms with E-state index in [0.29, 0.717) is 31.2 Å². The van der Waals surface area contributed by atoms with Crippen LogP contribution in [-0.4, -0.2) is 50.7 Å². The van der Waals surface area contributed by atoms with Crippen molar-refractivity contribution in [3.8, 4) is 0 Å². The molecule has 0 aliphatic carbocycles. The highest BCUT2D eigenvalue weighted by molar-refractivity contribution is 5.81. The molecular formula is C14H19N5O3. The van der Waals surface area contributed by atoms with E-state index in [0.717, 1.165) is 12.1 Å². The topological polar surface area (TPSA) is 97.3 Å². The van der Waals surface area contributed by atoms with Gasteiger partial charge in [0.05, 0.1) is 32.2 Å². The predicted octanol–water partition coefficient (Wildman–Crippen LogP) is 0.892. The highest BCUT2D eigenvalue weighted by Gasteiger charge is 2.47. The summed E-state index contributed by atoms with van der Waals surface area (Å²) in [4.78, 5) is 12.6. The Morgan fingerprint density at radius 2 is 1.95 bits per heavy atom. The lowest BCUT2D eigenvalue weighted by molar-refractivity contribution is -0.301. The van der Waals surface area contributed by atoms with Crippen LogP contribution >= 0.6 is 0 Å². The van der Waals surface area contributed by atoms with Crippen LogP contribution in [0.5, 0.6) is 0 Å². The van der Waals surface area contributed by atoms with Crippen LogP contribution in [-0.2, 0) is 14.2 Å². The number of fused-ring (bicyclic) bond motifs is 1. The van der Waals surface area contributed by atoms with Gasteiger partial charge in [-0.3, -0.25) is 0 Å². The average molecular weight is 305 g/mol. The van der Waals surface area contributed by atoms with Gasteiger partial charge in [-0.05, 0) is 13.8 Å². The lowest BCUT2D eigenvalue weighted by atomic mass is 9.98. The molecule has 0 unspecified atom stereocenters. The van der Waals surface area contributed by atoms with Crippen LogP contribution in [0.15, 0.2) is 12.7 Å². The van der Waals surface area contributed by atoms with Crippen molar-refractivity contribution in [3.63, 3.8) is 0 Å². The summed E-state index contributed by atoms with van der Waals surface area (Å²) < 4.78 is 19.5. The Labute approximate surface area is 127 Å². The fourth-order valence-corrected chi connectivity index (χ4v) is 3.03. The number of hydrogen-bond donors (Lipinski definition) is 1. The molecule has 4 rings (SSSR count). The van der Waals surface area contributed by atoms with Crippen molar-refractivity contribution < 1.29 is 14.2 Å². The maximum absolute atomic E-state index is 6.02. The van der Waals surface area contributed by atoms with Gasteiger partial charge in [0.1, 0.15) is 17.4 Å². The fourth-order valence-electron chi connectivity index (χ4n) is 3.03. The molecule has 0 saturated carbocycles. The second-order valence-electron chi connectivity index (χ2n) is 6.41. The number of imidazole rings is 1. The van der Waals surface area contributed by atoms with E-state index in [1.807, 2.05) is 18.4 Å². The first-order valence-corrected chi connectivity index (χ1v) is 7.33. The lowest BCUT2D eigenvalue weighted by Crippen LogP contribution is -2.50. The molecule has 2 aromatic rings. The van der Waals surface area contributed by atoms with Gasteiger partial charge in [0.15, 0.2) is 17.3 Å². The van der Waals surface area contributed by atoms with Gasteiger partial charge in [-0.2, -0.15) is 0 Å². The molecule has 2 saturated heterocycles. The summed E-state index contributed by atoms with van der Waals surface area (Å²) in [5, 5.41) is 0. The third kappa shape index (κ3) is 2.15. The van der Waals surface area contributed by atoms with E-state index in [1.165, 1.54) is 6.33 Å². The lowest BCUT2D eigenvalue weighted by Gasteiger charge is -2.40. The summed E-state index contributed by atoms with van der Waals surface area (Å²) in [5.41, 5.74) is 6.80. The molecule has 8 nitrogen and oxygen atoms in total. The summed E-state index contributed by atoms with van der Waals surface area (Å²) in [7, 11) is 0. The van der Waals surface area contributed by atoms with Crippen molar-refractivity contribution in [2.45, 2.75) is 37.7 Å². The second-order valence-corrected chi connectivity index (χ2v) is 6.41. The Hall–Kier alpha value is -1.77. The molecule has 8 heteroatoms. The minimum absolute atomic E-state index is 0.132. The number of anilines is 1. The molecular weight excluding hydrogens is 286 g/mol. The van der Waals surface area contributed by atoms with E-state index in [1.54, 1.807) is 6.33 Å². The first-order chi connectivity index (χ1) is 10.5. The van der Waals surface area contributed by atoms with Gasteiger partial charge in [-0.25, -0.2) is 15.0 Å². The monoisotopic (exact) mass is 305 g/mol. The Bertz CT molecular complexity index is 704. The van der Waals surface area contributed by atoms with Gasteiger partial charge in [-0.1, -0.05) is 0 Å². The first kappa shape index (κ1) is 13.9. The third-order valence-electron chi connectivity index (χ3n) is 4.34. The first-order valence-electron chi connectivity index (χ1n) is 7.33. The summed E-state index contributed by atoms with van der Waals surface area (Å²) in [6, 6.07) is 0.132. The Balaban J connectivity index is 1.59. The normalized spacial score (nSPS) is 26.7. The highest BCUT2D eigenvalue weighted by Crippen LogP contribution is 2.39. The smallest absolute Gasteiger partial charge is 0.165 e. The number of ether oxygens (including phenoxy) is 3. The minimum Gasteiger partial charge on any atom is -0.382 e. The minimum atomic E-state index is -0.546. The van der Waals surface area contributed by atoms with Crippen molar-refractivity contribution in [2.75, 3.05) is 25.6 Å². The number of nitrogens with zero attached hydrogens (tertiary/aromatic N) is 4. The molecule has 0 radical (unpaired) electrons. The van der Waals surface area contributed by atoms with Crippen molar-refractivity contribution >= 4 is 17.0 Å². The number of rotatable bonds is 1. The van der Waals surface area contributed by atoms with Crippen molar-refractivity contribution in [1.82, 2.24) is 19.5 Å². The second kappa shape index (κ2) is 4.61. The molecule has 0 aromatic carbocycles. The Morgan fingerprint density at radius 1 is 1.18 bits per heavy atom. The zero-order valence-electron chi connectivity index (χ0n) is 12.7. The molecule has 0 bridgehead atoms. The molecule has 1 spiro atoms. The molecule has 2 fully saturated rings. The quantitative estimate of drug-likeness (QED) is 0.835. The molecule has 22 heavy (non-hydrogen) atoms.